The lowest BCUT2D eigenvalue weighted by molar-refractivity contribution is 0.476. The minimum Gasteiger partial charge on any atom is -0.505 e. The van der Waals surface area contributed by atoms with E-state index < -0.39 is 0 Å². The van der Waals surface area contributed by atoms with Crippen LogP contribution in [0.1, 0.15) is 18.6 Å². The van der Waals surface area contributed by atoms with Crippen molar-refractivity contribution in [3.63, 3.8) is 0 Å². The van der Waals surface area contributed by atoms with Crippen molar-refractivity contribution in [3.8, 4) is 5.75 Å². The van der Waals surface area contributed by atoms with Gasteiger partial charge in [-0.1, -0.05) is 23.2 Å². The van der Waals surface area contributed by atoms with E-state index in [0.717, 1.165) is 5.70 Å². The average molecular weight is 334 g/mol. The average Bonchev–Trinajstić information content (AvgIpc) is 2.96. The Bertz CT molecular complexity index is 881. The van der Waals surface area contributed by atoms with Crippen molar-refractivity contribution in [1.82, 2.24) is 14.8 Å². The monoisotopic (exact) mass is 333 g/mol. The van der Waals surface area contributed by atoms with E-state index in [0.29, 0.717) is 28.7 Å². The van der Waals surface area contributed by atoms with Crippen LogP contribution in [0.25, 0.3) is 10.5 Å². The fraction of sp³-hybridized carbons (Fsp3) is 0.143. The van der Waals surface area contributed by atoms with E-state index in [4.69, 9.17) is 29.8 Å². The van der Waals surface area contributed by atoms with Gasteiger partial charge in [-0.15, -0.1) is 10.2 Å². The minimum absolute atomic E-state index is 0.0903. The van der Waals surface area contributed by atoms with Crippen LogP contribution in [-0.2, 0) is 0 Å². The summed E-state index contributed by atoms with van der Waals surface area (Å²) >= 11 is 11.8. The topological polar surface area (TPSA) is 67.7 Å². The molecule has 0 bridgehead atoms. The van der Waals surface area contributed by atoms with Crippen LogP contribution in [0.2, 0.25) is 10.0 Å². The highest BCUT2D eigenvalue weighted by atomic mass is 35.5. The molecule has 22 heavy (non-hydrogen) atoms. The van der Waals surface area contributed by atoms with Gasteiger partial charge in [0.05, 0.1) is 22.3 Å². The quantitative estimate of drug-likeness (QED) is 0.806. The van der Waals surface area contributed by atoms with Crippen LogP contribution in [0.5, 0.6) is 5.75 Å². The molecule has 1 aliphatic rings. The third-order valence-corrected chi connectivity index (χ3v) is 3.87. The summed E-state index contributed by atoms with van der Waals surface area (Å²) in [5.41, 5.74) is 1.95. The number of aliphatic imine (C=N–C) groups is 1. The van der Waals surface area contributed by atoms with Crippen molar-refractivity contribution in [2.24, 2.45) is 4.99 Å². The molecule has 0 spiro atoms. The summed E-state index contributed by atoms with van der Waals surface area (Å²) in [6.07, 6.45) is 0. The van der Waals surface area contributed by atoms with Crippen LogP contribution in [-0.4, -0.2) is 25.6 Å². The third-order valence-electron chi connectivity index (χ3n) is 3.29. The molecule has 2 aromatic rings. The molecule has 0 atom stereocenters. The molecule has 6 nitrogen and oxygen atoms in total. The van der Waals surface area contributed by atoms with Crippen LogP contribution in [0.4, 0.5) is 5.69 Å². The number of fused-ring (bicyclic) bond motifs is 1. The Labute approximate surface area is 136 Å². The van der Waals surface area contributed by atoms with E-state index in [9.17, 15) is 5.11 Å². The van der Waals surface area contributed by atoms with Crippen molar-refractivity contribution in [1.29, 1.82) is 0 Å². The highest BCUT2D eigenvalue weighted by Gasteiger charge is 2.29. The van der Waals surface area contributed by atoms with E-state index in [1.165, 1.54) is 12.1 Å². The van der Waals surface area contributed by atoms with Crippen molar-refractivity contribution in [2.75, 3.05) is 0 Å². The Morgan fingerprint density at radius 2 is 1.86 bits per heavy atom. The summed E-state index contributed by atoms with van der Waals surface area (Å²) in [5, 5.41) is 17.8. The van der Waals surface area contributed by atoms with E-state index in [1.54, 1.807) is 11.5 Å². The first-order chi connectivity index (χ1) is 10.4. The first-order valence-corrected chi connectivity index (χ1v) is 6.97. The summed E-state index contributed by atoms with van der Waals surface area (Å²) in [5.74, 6) is 0.983. The van der Waals surface area contributed by atoms with Crippen LogP contribution in [0, 0.1) is 13.5 Å². The van der Waals surface area contributed by atoms with Crippen molar-refractivity contribution in [2.45, 2.75) is 13.8 Å². The molecule has 0 fully saturated rings. The number of phenolic OH excluding ortho intramolecular Hbond substituents is 1. The molecule has 2 heterocycles. The molecular formula is C14H9Cl2N5O. The predicted octanol–water partition coefficient (Wildman–Crippen LogP) is 3.84. The Kier molecular flexibility index (Phi) is 3.39. The predicted molar refractivity (Wildman–Crippen MR) is 84.6 cm³/mol. The zero-order valence-electron chi connectivity index (χ0n) is 11.6. The third kappa shape index (κ3) is 2.06. The van der Waals surface area contributed by atoms with Gasteiger partial charge in [0.25, 0.3) is 0 Å². The number of halogens is 2. The molecule has 0 amide bonds. The van der Waals surface area contributed by atoms with Gasteiger partial charge in [0, 0.05) is 5.70 Å². The van der Waals surface area contributed by atoms with Crippen LogP contribution in [0.3, 0.4) is 0 Å². The van der Waals surface area contributed by atoms with Gasteiger partial charge >= 0.3 is 0 Å². The van der Waals surface area contributed by atoms with Gasteiger partial charge in [-0.3, -0.25) is 9.56 Å². The van der Waals surface area contributed by atoms with Gasteiger partial charge in [0.15, 0.2) is 11.6 Å². The number of rotatable bonds is 1. The Morgan fingerprint density at radius 1 is 1.23 bits per heavy atom. The number of benzene rings is 1. The van der Waals surface area contributed by atoms with Gasteiger partial charge < -0.3 is 5.11 Å². The number of nitrogens with zero attached hydrogens (tertiary/aromatic N) is 5. The number of hydrogen-bond donors (Lipinski definition) is 1. The fourth-order valence-electron chi connectivity index (χ4n) is 2.28. The molecule has 1 aromatic carbocycles. The smallest absolute Gasteiger partial charge is 0.235 e. The Morgan fingerprint density at radius 3 is 2.45 bits per heavy atom. The molecule has 8 heteroatoms. The lowest BCUT2D eigenvalue weighted by Crippen LogP contribution is -2.01. The summed E-state index contributed by atoms with van der Waals surface area (Å²) in [6.45, 7) is 11.0. The maximum atomic E-state index is 9.60. The maximum absolute atomic E-state index is 9.60. The first kappa shape index (κ1) is 14.6. The second kappa shape index (κ2) is 5.13. The number of hydrogen-bond acceptors (Lipinski definition) is 4. The van der Waals surface area contributed by atoms with Gasteiger partial charge in [0.1, 0.15) is 11.5 Å². The van der Waals surface area contributed by atoms with Crippen molar-refractivity contribution >= 4 is 40.3 Å². The molecule has 1 aromatic heterocycles. The highest BCUT2D eigenvalue weighted by Crippen LogP contribution is 2.37. The number of phenols is 1. The van der Waals surface area contributed by atoms with E-state index in [-0.39, 0.29) is 15.8 Å². The van der Waals surface area contributed by atoms with Gasteiger partial charge in [-0.25, -0.2) is 4.85 Å². The minimum atomic E-state index is -0.199. The van der Waals surface area contributed by atoms with E-state index in [2.05, 4.69) is 20.0 Å². The van der Waals surface area contributed by atoms with E-state index in [1.807, 2.05) is 6.92 Å². The molecule has 0 radical (unpaired) electrons. The summed E-state index contributed by atoms with van der Waals surface area (Å²) < 4.78 is 1.77. The maximum Gasteiger partial charge on any atom is 0.235 e. The van der Waals surface area contributed by atoms with Gasteiger partial charge in [0.2, 0.25) is 5.70 Å². The number of aromatic nitrogens is 3. The molecule has 0 saturated heterocycles. The first-order valence-electron chi connectivity index (χ1n) is 6.22. The van der Waals surface area contributed by atoms with E-state index >= 15 is 0 Å². The molecule has 1 N–H and O–H groups in total. The molecule has 110 valence electrons. The second-order valence-corrected chi connectivity index (χ2v) is 5.48. The number of allylic oxidation sites excluding steroid dienone is 2. The largest absolute Gasteiger partial charge is 0.505 e. The lowest BCUT2D eigenvalue weighted by atomic mass is 10.2. The summed E-state index contributed by atoms with van der Waals surface area (Å²) in [7, 11) is 0. The molecule has 0 aliphatic carbocycles. The summed E-state index contributed by atoms with van der Waals surface area (Å²) in [4.78, 5) is 7.95. The van der Waals surface area contributed by atoms with Gasteiger partial charge in [-0.2, -0.15) is 0 Å². The molecule has 3 rings (SSSR count). The zero-order valence-corrected chi connectivity index (χ0v) is 13.1. The van der Waals surface area contributed by atoms with Crippen molar-refractivity contribution < 1.29 is 5.11 Å². The van der Waals surface area contributed by atoms with Crippen LogP contribution < -0.4 is 0 Å². The normalized spacial score (nSPS) is 15.3. The fourth-order valence-corrected chi connectivity index (χ4v) is 2.76. The number of aromatic hydroxyl groups is 1. The molecule has 1 aliphatic heterocycles. The SMILES string of the molecule is [C-]#[N+]C1=C(C)n2c(C)nnc2C1=Nc1cc(Cl)c(O)c(Cl)c1. The Balaban J connectivity index is 2.22. The standard InChI is InChI=1S/C14H9Cl2N5O/c1-6-11(17-3)12(14-20-19-7(2)21(6)14)18-8-4-9(15)13(22)10(16)5-8/h4-5,22H,1-2H3. The lowest BCUT2D eigenvalue weighted by Gasteiger charge is -2.03. The van der Waals surface area contributed by atoms with Crippen LogP contribution >= 0.6 is 23.2 Å². The molecule has 0 saturated carbocycles. The summed E-state index contributed by atoms with van der Waals surface area (Å²) in [6, 6.07) is 2.94. The molecular weight excluding hydrogens is 325 g/mol. The van der Waals surface area contributed by atoms with Crippen molar-refractivity contribution in [3.05, 3.63) is 50.9 Å². The van der Waals surface area contributed by atoms with Crippen LogP contribution in [0.15, 0.2) is 22.8 Å². The Hall–Kier alpha value is -2.36. The van der Waals surface area contributed by atoms with Gasteiger partial charge in [-0.05, 0) is 26.0 Å². The second-order valence-electron chi connectivity index (χ2n) is 4.67. The molecule has 0 unspecified atom stereocenters. The zero-order chi connectivity index (χ0) is 16.0. The number of aryl methyl sites for hydroxylation is 1. The highest BCUT2D eigenvalue weighted by molar-refractivity contribution is 6.37.